The second kappa shape index (κ2) is 9.08. The van der Waals surface area contributed by atoms with E-state index in [1.807, 2.05) is 19.9 Å². The molecule has 0 saturated carbocycles. The summed E-state index contributed by atoms with van der Waals surface area (Å²) >= 11 is 0. The Kier molecular flexibility index (Phi) is 6.13. The Labute approximate surface area is 198 Å². The molecule has 3 aliphatic rings. The van der Waals surface area contributed by atoms with Gasteiger partial charge in [-0.3, -0.25) is 9.80 Å². The van der Waals surface area contributed by atoms with Crippen molar-refractivity contribution in [2.24, 2.45) is 0 Å². The molecular formula is C26H29FN4O3. The second-order valence-electron chi connectivity index (χ2n) is 9.49. The lowest BCUT2D eigenvalue weighted by Gasteiger charge is -2.47. The molecule has 5 rings (SSSR count). The number of esters is 1. The first-order valence-corrected chi connectivity index (χ1v) is 11.7. The minimum atomic E-state index is -0.634. The number of nitrogens with one attached hydrogen (secondary N) is 1. The van der Waals surface area contributed by atoms with Crippen molar-refractivity contribution in [1.29, 1.82) is 0 Å². The van der Waals surface area contributed by atoms with Crippen LogP contribution in [0, 0.1) is 26.2 Å². The average molecular weight is 465 g/mol. The van der Waals surface area contributed by atoms with E-state index < -0.39 is 11.9 Å². The third-order valence-corrected chi connectivity index (χ3v) is 7.61. The van der Waals surface area contributed by atoms with Crippen molar-refractivity contribution >= 4 is 11.7 Å². The number of fused-ring (bicyclic) bond motifs is 2. The first-order chi connectivity index (χ1) is 16.4. The summed E-state index contributed by atoms with van der Waals surface area (Å²) in [4.78, 5) is 19.9. The zero-order valence-corrected chi connectivity index (χ0v) is 19.5. The maximum atomic E-state index is 14.0. The molecule has 0 aliphatic carbocycles. The van der Waals surface area contributed by atoms with Gasteiger partial charge in [-0.2, -0.15) is 0 Å². The fraction of sp³-hybridized carbons (Fsp3) is 0.462. The molecule has 34 heavy (non-hydrogen) atoms. The maximum Gasteiger partial charge on any atom is 0.338 e. The summed E-state index contributed by atoms with van der Waals surface area (Å²) in [6, 6.07) is 7.18. The predicted molar refractivity (Wildman–Crippen MR) is 125 cm³/mol. The van der Waals surface area contributed by atoms with Crippen LogP contribution in [-0.2, 0) is 11.3 Å². The van der Waals surface area contributed by atoms with E-state index in [0.717, 1.165) is 55.0 Å². The Morgan fingerprint density at radius 1 is 1.24 bits per heavy atom. The molecule has 8 heteroatoms. The molecule has 178 valence electrons. The summed E-state index contributed by atoms with van der Waals surface area (Å²) in [5, 5.41) is 14.6. The maximum absolute atomic E-state index is 14.0. The number of ether oxygens (including phenoxy) is 1. The van der Waals surface area contributed by atoms with Gasteiger partial charge in [-0.15, -0.1) is 0 Å². The Bertz CT molecular complexity index is 1180. The van der Waals surface area contributed by atoms with Crippen LogP contribution >= 0.6 is 0 Å². The van der Waals surface area contributed by atoms with Crippen LogP contribution in [0.3, 0.4) is 0 Å². The number of hydrogen-bond donors (Lipinski definition) is 2. The van der Waals surface area contributed by atoms with Crippen molar-refractivity contribution in [2.75, 3.05) is 39.3 Å². The summed E-state index contributed by atoms with van der Waals surface area (Å²) in [6.07, 6.45) is -0.634. The van der Waals surface area contributed by atoms with Crippen LogP contribution in [0.4, 0.5) is 10.1 Å². The Hall–Kier alpha value is -2.83. The number of carbonyl (C=O) groups is 1. The van der Waals surface area contributed by atoms with E-state index in [-0.39, 0.29) is 24.3 Å². The molecule has 0 radical (unpaired) electrons. The number of benzene rings is 2. The number of nitrogens with zero attached hydrogens (tertiary/aromatic N) is 3. The molecule has 3 aliphatic heterocycles. The number of piperazine rings is 2. The van der Waals surface area contributed by atoms with E-state index in [4.69, 9.17) is 11.3 Å². The van der Waals surface area contributed by atoms with E-state index in [1.165, 1.54) is 6.07 Å². The van der Waals surface area contributed by atoms with Crippen LogP contribution in [0.5, 0.6) is 0 Å². The topological polar surface area (TPSA) is 69.4 Å². The van der Waals surface area contributed by atoms with Gasteiger partial charge in [0.2, 0.25) is 5.69 Å². The van der Waals surface area contributed by atoms with Gasteiger partial charge in [0.05, 0.1) is 18.2 Å². The highest BCUT2D eigenvalue weighted by molar-refractivity contribution is 5.93. The van der Waals surface area contributed by atoms with Crippen molar-refractivity contribution in [1.82, 2.24) is 15.1 Å². The van der Waals surface area contributed by atoms with Crippen molar-refractivity contribution in [3.05, 3.63) is 74.9 Å². The highest BCUT2D eigenvalue weighted by atomic mass is 19.1. The lowest BCUT2D eigenvalue weighted by atomic mass is 9.94. The molecule has 2 saturated heterocycles. The largest absolute Gasteiger partial charge is 0.457 e. The van der Waals surface area contributed by atoms with Gasteiger partial charge in [0.15, 0.2) is 0 Å². The Morgan fingerprint density at radius 3 is 2.85 bits per heavy atom. The molecule has 0 spiro atoms. The molecular weight excluding hydrogens is 435 g/mol. The fourth-order valence-corrected chi connectivity index (χ4v) is 5.61. The predicted octanol–water partition coefficient (Wildman–Crippen LogP) is 3.03. The highest BCUT2D eigenvalue weighted by Gasteiger charge is 2.35. The number of rotatable bonds is 4. The van der Waals surface area contributed by atoms with Crippen LogP contribution in [0.2, 0.25) is 0 Å². The van der Waals surface area contributed by atoms with Crippen LogP contribution < -0.4 is 5.32 Å². The zero-order valence-electron chi connectivity index (χ0n) is 19.5. The lowest BCUT2D eigenvalue weighted by Crippen LogP contribution is -2.62. The zero-order chi connectivity index (χ0) is 24.0. The molecule has 0 bridgehead atoms. The quantitative estimate of drug-likeness (QED) is 0.536. The summed E-state index contributed by atoms with van der Waals surface area (Å²) in [7, 11) is 0. The molecule has 0 unspecified atom stereocenters. The van der Waals surface area contributed by atoms with E-state index >= 15 is 0 Å². The number of cyclic esters (lactones) is 1. The average Bonchev–Trinajstić information content (AvgIpc) is 3.21. The Morgan fingerprint density at radius 2 is 2.06 bits per heavy atom. The molecule has 3 atom stereocenters. The molecule has 2 fully saturated rings. The molecule has 0 amide bonds. The number of aliphatic hydroxyl groups excluding tert-OH is 1. The van der Waals surface area contributed by atoms with Gasteiger partial charge in [0.25, 0.3) is 0 Å². The second-order valence-corrected chi connectivity index (χ2v) is 9.49. The normalized spacial score (nSPS) is 23.7. The monoisotopic (exact) mass is 464 g/mol. The summed E-state index contributed by atoms with van der Waals surface area (Å²) in [6.45, 7) is 16.0. The molecule has 2 N–H and O–H groups in total. The van der Waals surface area contributed by atoms with Crippen LogP contribution in [0.1, 0.15) is 50.3 Å². The van der Waals surface area contributed by atoms with Gasteiger partial charge >= 0.3 is 5.97 Å². The van der Waals surface area contributed by atoms with Gasteiger partial charge in [-0.05, 0) is 48.2 Å². The number of β-amino-alcohol motifs (C(OH)–C–C–N with tert-alkyl or cyclic N) is 1. The van der Waals surface area contributed by atoms with Gasteiger partial charge < -0.3 is 15.2 Å². The molecule has 2 aromatic rings. The highest BCUT2D eigenvalue weighted by Crippen LogP contribution is 2.33. The van der Waals surface area contributed by atoms with Gasteiger partial charge in [-0.25, -0.2) is 14.0 Å². The summed E-state index contributed by atoms with van der Waals surface area (Å²) in [5.41, 5.74) is 5.07. The first-order valence-electron chi connectivity index (χ1n) is 11.7. The van der Waals surface area contributed by atoms with Crippen molar-refractivity contribution in [2.45, 2.75) is 38.6 Å². The van der Waals surface area contributed by atoms with Crippen molar-refractivity contribution in [3.63, 3.8) is 0 Å². The third-order valence-electron chi connectivity index (χ3n) is 7.61. The van der Waals surface area contributed by atoms with Crippen molar-refractivity contribution < 1.29 is 19.0 Å². The number of aliphatic hydroxyl groups is 1. The third kappa shape index (κ3) is 3.99. The minimum absolute atomic E-state index is 0.0634. The van der Waals surface area contributed by atoms with Gasteiger partial charge in [0.1, 0.15) is 12.4 Å². The van der Waals surface area contributed by atoms with Crippen LogP contribution in [0.15, 0.2) is 24.3 Å². The van der Waals surface area contributed by atoms with Crippen LogP contribution in [0.25, 0.3) is 4.85 Å². The van der Waals surface area contributed by atoms with Crippen LogP contribution in [-0.4, -0.2) is 66.2 Å². The van der Waals surface area contributed by atoms with E-state index in [1.54, 1.807) is 12.1 Å². The molecule has 3 heterocycles. The van der Waals surface area contributed by atoms with E-state index in [9.17, 15) is 14.3 Å². The lowest BCUT2D eigenvalue weighted by molar-refractivity contribution is 0.0187. The minimum Gasteiger partial charge on any atom is -0.457 e. The number of carbonyl (C=O) groups excluding carboxylic acids is 1. The standard InChI is InChI=1S/C26H29FN4O3/c1-15-19(4-5-20-21(15)14-34-26(20)33)24(32)13-30-8-9-31-12-23(29-10-17(31)11-30)18-6-7-22(27)25(28-3)16(18)2/h4-7,17,23-24,29,32H,8-14H2,1-2H3/t17-,23+,24+/m1/s1. The Balaban J connectivity index is 1.22. The first kappa shape index (κ1) is 22.9. The fourth-order valence-electron chi connectivity index (χ4n) is 5.61. The number of halogens is 1. The van der Waals surface area contributed by atoms with E-state index in [0.29, 0.717) is 23.7 Å². The number of hydrogen-bond acceptors (Lipinski definition) is 6. The summed E-state index contributed by atoms with van der Waals surface area (Å²) < 4.78 is 19.1. The molecule has 0 aromatic heterocycles. The van der Waals surface area contributed by atoms with E-state index in [2.05, 4.69) is 20.0 Å². The molecule has 7 nitrogen and oxygen atoms in total. The summed E-state index contributed by atoms with van der Waals surface area (Å²) in [5.74, 6) is -0.755. The SMILES string of the molecule is [C-]#[N+]c1c(F)ccc([C@@H]2CN3CCN(C[C@H](O)c4ccc5c(c4C)COC5=O)C[C@H]3CN2)c1C. The smallest absolute Gasteiger partial charge is 0.338 e. The molecule has 2 aromatic carbocycles. The van der Waals surface area contributed by atoms with Gasteiger partial charge in [0, 0.05) is 56.9 Å². The van der Waals surface area contributed by atoms with Crippen molar-refractivity contribution in [3.8, 4) is 0 Å². The van der Waals surface area contributed by atoms with Gasteiger partial charge in [-0.1, -0.05) is 12.1 Å².